The molecule has 0 aliphatic heterocycles. The van der Waals surface area contributed by atoms with E-state index in [0.29, 0.717) is 28.3 Å². The number of ketones is 1. The number of nitrogens with zero attached hydrogens (tertiary/aromatic N) is 4. The Kier molecular flexibility index (Phi) is 9.78. The van der Waals surface area contributed by atoms with E-state index >= 15 is 0 Å². The molecule has 194 valence electrons. The summed E-state index contributed by atoms with van der Waals surface area (Å²) in [5.41, 5.74) is 1.90. The van der Waals surface area contributed by atoms with Crippen LogP contribution < -0.4 is 15.3 Å². The number of carboxylic acid groups (broad SMARTS) is 1. The molecule has 0 amide bonds. The van der Waals surface area contributed by atoms with Crippen molar-refractivity contribution in [2.75, 3.05) is 33.1 Å². The molecule has 2 rings (SSSR count). The van der Waals surface area contributed by atoms with Crippen LogP contribution >= 0.6 is 0 Å². The largest absolute Gasteiger partial charge is 0.550 e. The van der Waals surface area contributed by atoms with Crippen LogP contribution in [0.4, 0.5) is 5.69 Å². The molecule has 2 aromatic carbocycles. The predicted molar refractivity (Wildman–Crippen MR) is 144 cm³/mol. The number of para-hydroxylation sites is 1. The fourth-order valence-corrected chi connectivity index (χ4v) is 3.97. The highest BCUT2D eigenvalue weighted by atomic mass is 16.4. The van der Waals surface area contributed by atoms with Gasteiger partial charge in [-0.15, -0.1) is 0 Å². The molecule has 1 N–H and O–H groups in total. The molecule has 0 saturated carbocycles. The van der Waals surface area contributed by atoms with Crippen LogP contribution in [0.2, 0.25) is 0 Å². The third-order valence-corrected chi connectivity index (χ3v) is 5.60. The van der Waals surface area contributed by atoms with Crippen molar-refractivity contribution < 1.29 is 19.3 Å². The number of carbonyl (C=O) groups excluding carboxylic acids is 2. The number of rotatable bonds is 7. The monoisotopic (exact) mass is 493 g/mol. The Morgan fingerprint density at radius 2 is 1.56 bits per heavy atom. The highest BCUT2D eigenvalue weighted by Crippen LogP contribution is 2.34. The molecule has 0 saturated heterocycles. The fraction of sp³-hybridized carbons (Fsp3) is 0.429. The number of carboxylic acids is 1. The first-order valence-corrected chi connectivity index (χ1v) is 12.2. The van der Waals surface area contributed by atoms with Gasteiger partial charge in [-0.3, -0.25) is 19.2 Å². The maximum absolute atomic E-state index is 13.8. The molecular weight excluding hydrogens is 454 g/mol. The third kappa shape index (κ3) is 6.71. The van der Waals surface area contributed by atoms with E-state index in [4.69, 9.17) is 4.99 Å². The van der Waals surface area contributed by atoms with Gasteiger partial charge >= 0.3 is 5.96 Å². The number of benzene rings is 2. The fourth-order valence-electron chi connectivity index (χ4n) is 3.97. The highest BCUT2D eigenvalue weighted by molar-refractivity contribution is 6.16. The molecule has 0 spiro atoms. The normalized spacial score (nSPS) is 12.4. The van der Waals surface area contributed by atoms with Gasteiger partial charge in [-0.05, 0) is 39.3 Å². The van der Waals surface area contributed by atoms with Crippen molar-refractivity contribution >= 4 is 29.4 Å². The van der Waals surface area contributed by atoms with Gasteiger partial charge in [0.15, 0.2) is 5.78 Å². The van der Waals surface area contributed by atoms with Crippen LogP contribution in [0.5, 0.6) is 0 Å². The minimum Gasteiger partial charge on any atom is -0.550 e. The number of anilines is 1. The standard InChI is InChI=1S/C28H39N5O3/c1-18(2)29-27(30-28(31(6)7)32(8)9)33(19(3)4)24-22(20(5)26(35)36)16-13-17-23(24)25(34)21-14-11-10-12-15-21/h10-20H,1-9H3,(H,35,36). The Balaban J connectivity index is 2.91. The van der Waals surface area contributed by atoms with Gasteiger partial charge in [0.05, 0.1) is 33.9 Å². The zero-order chi connectivity index (χ0) is 27.2. The summed E-state index contributed by atoms with van der Waals surface area (Å²) in [6.07, 6.45) is 0. The number of carbonyl (C=O) groups is 2. The van der Waals surface area contributed by atoms with Gasteiger partial charge in [0.25, 0.3) is 5.96 Å². The molecule has 0 aromatic heterocycles. The van der Waals surface area contributed by atoms with Crippen molar-refractivity contribution in [3.63, 3.8) is 0 Å². The maximum atomic E-state index is 13.8. The van der Waals surface area contributed by atoms with Crippen molar-refractivity contribution in [1.29, 1.82) is 0 Å². The zero-order valence-corrected chi connectivity index (χ0v) is 22.9. The van der Waals surface area contributed by atoms with Gasteiger partial charge in [0.2, 0.25) is 0 Å². The summed E-state index contributed by atoms with van der Waals surface area (Å²) in [5, 5.41) is 15.5. The lowest BCUT2D eigenvalue weighted by atomic mass is 9.91. The molecule has 0 heterocycles. The lowest BCUT2D eigenvalue weighted by Gasteiger charge is -2.34. The van der Waals surface area contributed by atoms with Crippen LogP contribution in [-0.2, 0) is 4.79 Å². The molecule has 0 aliphatic rings. The SMILES string of the molecule is CC(C)N=C(NC(N(C)C)=[N+](C)C)N(c1c(C(=O)c2ccccc2)cccc1C(C)C(=O)[O-])C(C)C. The van der Waals surface area contributed by atoms with E-state index in [0.717, 1.165) is 5.96 Å². The van der Waals surface area contributed by atoms with Gasteiger partial charge in [0.1, 0.15) is 0 Å². The molecule has 1 unspecified atom stereocenters. The Hall–Kier alpha value is -3.68. The molecule has 0 fully saturated rings. The molecule has 0 aliphatic carbocycles. The smallest absolute Gasteiger partial charge is 0.354 e. The summed E-state index contributed by atoms with van der Waals surface area (Å²) < 4.78 is 1.93. The van der Waals surface area contributed by atoms with E-state index in [1.165, 1.54) is 0 Å². The topological polar surface area (TPSA) is 91.1 Å². The van der Waals surface area contributed by atoms with E-state index in [1.54, 1.807) is 37.3 Å². The molecule has 0 bridgehead atoms. The number of aliphatic imine (C=N–C) groups is 1. The van der Waals surface area contributed by atoms with Crippen LogP contribution in [0.25, 0.3) is 0 Å². The van der Waals surface area contributed by atoms with E-state index in [1.807, 2.05) is 88.5 Å². The Bertz CT molecular complexity index is 1130. The van der Waals surface area contributed by atoms with Crippen molar-refractivity contribution in [3.05, 3.63) is 65.2 Å². The van der Waals surface area contributed by atoms with Gasteiger partial charge in [-0.1, -0.05) is 49.4 Å². The van der Waals surface area contributed by atoms with Gasteiger partial charge in [0, 0.05) is 35.1 Å². The molecule has 1 atom stereocenters. The summed E-state index contributed by atoms with van der Waals surface area (Å²) >= 11 is 0. The average Bonchev–Trinajstić information content (AvgIpc) is 2.81. The molecule has 8 heteroatoms. The summed E-state index contributed by atoms with van der Waals surface area (Å²) in [6, 6.07) is 13.9. The highest BCUT2D eigenvalue weighted by Gasteiger charge is 2.31. The molecule has 8 nitrogen and oxygen atoms in total. The first-order valence-electron chi connectivity index (χ1n) is 12.2. The van der Waals surface area contributed by atoms with E-state index in [2.05, 4.69) is 5.32 Å². The van der Waals surface area contributed by atoms with Crippen molar-refractivity contribution in [2.24, 2.45) is 4.99 Å². The lowest BCUT2D eigenvalue weighted by Crippen LogP contribution is -2.54. The number of aliphatic carboxylic acids is 1. The van der Waals surface area contributed by atoms with Crippen LogP contribution in [0.15, 0.2) is 53.5 Å². The minimum atomic E-state index is -1.21. The second kappa shape index (κ2) is 12.3. The first-order chi connectivity index (χ1) is 16.9. The Morgan fingerprint density at radius 3 is 2.03 bits per heavy atom. The van der Waals surface area contributed by atoms with Gasteiger partial charge in [-0.2, -0.15) is 0 Å². The number of hydrogen-bond acceptors (Lipinski definition) is 4. The molecule has 0 radical (unpaired) electrons. The zero-order valence-electron chi connectivity index (χ0n) is 22.9. The maximum Gasteiger partial charge on any atom is 0.354 e. The first kappa shape index (κ1) is 28.6. The third-order valence-electron chi connectivity index (χ3n) is 5.60. The average molecular weight is 494 g/mol. The van der Waals surface area contributed by atoms with Crippen LogP contribution in [0, 0.1) is 0 Å². The Labute approximate surface area is 215 Å². The van der Waals surface area contributed by atoms with Crippen LogP contribution in [0.3, 0.4) is 0 Å². The van der Waals surface area contributed by atoms with Crippen LogP contribution in [-0.4, -0.2) is 73.4 Å². The second-order valence-electron chi connectivity index (χ2n) is 9.73. The quantitative estimate of drug-likeness (QED) is 0.276. The number of hydrogen-bond donors (Lipinski definition) is 1. The van der Waals surface area contributed by atoms with Crippen LogP contribution in [0.1, 0.15) is 62.0 Å². The summed E-state index contributed by atoms with van der Waals surface area (Å²) in [7, 11) is 7.69. The summed E-state index contributed by atoms with van der Waals surface area (Å²) in [4.78, 5) is 34.5. The van der Waals surface area contributed by atoms with Gasteiger partial charge in [-0.25, -0.2) is 10.3 Å². The van der Waals surface area contributed by atoms with E-state index in [9.17, 15) is 14.7 Å². The number of guanidine groups is 2. The van der Waals surface area contributed by atoms with E-state index in [-0.39, 0.29) is 17.9 Å². The molecular formula is C28H39N5O3. The molecule has 2 aromatic rings. The van der Waals surface area contributed by atoms with E-state index < -0.39 is 11.9 Å². The van der Waals surface area contributed by atoms with Crippen molar-refractivity contribution in [2.45, 2.75) is 52.6 Å². The molecule has 36 heavy (non-hydrogen) atoms. The minimum absolute atomic E-state index is 0.0710. The lowest BCUT2D eigenvalue weighted by molar-refractivity contribution is -0.471. The number of nitrogens with one attached hydrogen (secondary N) is 1. The summed E-state index contributed by atoms with van der Waals surface area (Å²) in [6.45, 7) is 9.49. The summed E-state index contributed by atoms with van der Waals surface area (Å²) in [5.74, 6) is -1.07. The predicted octanol–water partition coefficient (Wildman–Crippen LogP) is 2.53. The Morgan fingerprint density at radius 1 is 0.944 bits per heavy atom. The van der Waals surface area contributed by atoms with Crippen molar-refractivity contribution in [3.8, 4) is 0 Å². The van der Waals surface area contributed by atoms with Crippen molar-refractivity contribution in [1.82, 2.24) is 10.2 Å². The second-order valence-corrected chi connectivity index (χ2v) is 9.73. The van der Waals surface area contributed by atoms with Gasteiger partial charge < -0.3 is 9.90 Å².